The van der Waals surface area contributed by atoms with Gasteiger partial charge in [0.1, 0.15) is 5.75 Å². The Balaban J connectivity index is 1.80. The summed E-state index contributed by atoms with van der Waals surface area (Å²) in [5.41, 5.74) is 2.08. The topological polar surface area (TPSA) is 56.8 Å². The molecule has 0 radical (unpaired) electrons. The fraction of sp³-hybridized carbons (Fsp3) is 0.435. The van der Waals surface area contributed by atoms with E-state index in [2.05, 4.69) is 12.2 Å². The van der Waals surface area contributed by atoms with Crippen LogP contribution in [0.25, 0.3) is 0 Å². The first-order valence-corrected chi connectivity index (χ1v) is 9.83. The van der Waals surface area contributed by atoms with Crippen LogP contribution in [-0.2, 0) is 4.79 Å². The molecule has 0 saturated heterocycles. The van der Waals surface area contributed by atoms with Crippen molar-refractivity contribution in [3.8, 4) is 17.2 Å². The lowest BCUT2D eigenvalue weighted by Gasteiger charge is -2.17. The number of carbonyl (C=O) groups is 1. The van der Waals surface area contributed by atoms with Crippen molar-refractivity contribution in [3.63, 3.8) is 0 Å². The van der Waals surface area contributed by atoms with E-state index in [9.17, 15) is 4.79 Å². The van der Waals surface area contributed by atoms with Gasteiger partial charge in [-0.05, 0) is 56.0 Å². The Hall–Kier alpha value is -2.69. The van der Waals surface area contributed by atoms with E-state index in [0.29, 0.717) is 31.8 Å². The Labute approximate surface area is 168 Å². The Morgan fingerprint density at radius 3 is 2.50 bits per heavy atom. The predicted octanol–water partition coefficient (Wildman–Crippen LogP) is 4.83. The molecule has 5 nitrogen and oxygen atoms in total. The van der Waals surface area contributed by atoms with Gasteiger partial charge < -0.3 is 19.5 Å². The van der Waals surface area contributed by atoms with Crippen molar-refractivity contribution in [2.75, 3.05) is 20.3 Å². The predicted molar refractivity (Wildman–Crippen MR) is 111 cm³/mol. The van der Waals surface area contributed by atoms with Gasteiger partial charge in [-0.2, -0.15) is 0 Å². The number of benzene rings is 2. The van der Waals surface area contributed by atoms with E-state index in [1.807, 2.05) is 56.3 Å². The highest BCUT2D eigenvalue weighted by Crippen LogP contribution is 2.30. The summed E-state index contributed by atoms with van der Waals surface area (Å²) < 4.78 is 16.8. The van der Waals surface area contributed by atoms with Gasteiger partial charge in [-0.3, -0.25) is 4.79 Å². The third-order valence-corrected chi connectivity index (χ3v) is 4.43. The number of rotatable bonds is 11. The zero-order chi connectivity index (χ0) is 20.4. The smallest absolute Gasteiger partial charge is 0.220 e. The molecule has 2 aromatic rings. The van der Waals surface area contributed by atoms with Crippen molar-refractivity contribution >= 4 is 5.91 Å². The summed E-state index contributed by atoms with van der Waals surface area (Å²) in [6.45, 7) is 7.20. The number of nitrogens with one attached hydrogen (secondary N) is 1. The monoisotopic (exact) mass is 385 g/mol. The first kappa shape index (κ1) is 21.6. The SMILES string of the molecule is CCCOc1ccc(C(C)NC(=O)CCCOc2ccccc2C)cc1OC. The minimum absolute atomic E-state index is 0.00570. The summed E-state index contributed by atoms with van der Waals surface area (Å²) >= 11 is 0. The molecule has 152 valence electrons. The molecule has 2 rings (SSSR count). The highest BCUT2D eigenvalue weighted by Gasteiger charge is 2.13. The van der Waals surface area contributed by atoms with Gasteiger partial charge in [0.05, 0.1) is 26.4 Å². The van der Waals surface area contributed by atoms with E-state index in [1.165, 1.54) is 0 Å². The number of hydrogen-bond acceptors (Lipinski definition) is 4. The second kappa shape index (κ2) is 11.2. The molecule has 1 unspecified atom stereocenters. The van der Waals surface area contributed by atoms with Gasteiger partial charge in [0.2, 0.25) is 5.91 Å². The van der Waals surface area contributed by atoms with Crippen molar-refractivity contribution < 1.29 is 19.0 Å². The number of aryl methyl sites for hydroxylation is 1. The third-order valence-electron chi connectivity index (χ3n) is 4.43. The molecule has 5 heteroatoms. The molecule has 1 N–H and O–H groups in total. The van der Waals surface area contributed by atoms with E-state index in [0.717, 1.165) is 29.0 Å². The van der Waals surface area contributed by atoms with Crippen LogP contribution in [0.3, 0.4) is 0 Å². The molecule has 0 fully saturated rings. The van der Waals surface area contributed by atoms with E-state index in [1.54, 1.807) is 7.11 Å². The van der Waals surface area contributed by atoms with Crippen molar-refractivity contribution in [3.05, 3.63) is 53.6 Å². The van der Waals surface area contributed by atoms with Gasteiger partial charge in [-0.15, -0.1) is 0 Å². The largest absolute Gasteiger partial charge is 0.493 e. The Morgan fingerprint density at radius 2 is 1.79 bits per heavy atom. The molecule has 0 saturated carbocycles. The molecule has 0 aliphatic rings. The molecule has 0 spiro atoms. The minimum Gasteiger partial charge on any atom is -0.493 e. The zero-order valence-corrected chi connectivity index (χ0v) is 17.3. The maximum absolute atomic E-state index is 12.2. The van der Waals surface area contributed by atoms with Gasteiger partial charge in [0, 0.05) is 6.42 Å². The van der Waals surface area contributed by atoms with Crippen molar-refractivity contribution in [2.45, 2.75) is 46.1 Å². The Morgan fingerprint density at radius 1 is 1.04 bits per heavy atom. The lowest BCUT2D eigenvalue weighted by Crippen LogP contribution is -2.26. The maximum Gasteiger partial charge on any atom is 0.220 e. The number of methoxy groups -OCH3 is 1. The molecule has 0 aromatic heterocycles. The second-order valence-corrected chi connectivity index (χ2v) is 6.77. The molecule has 1 atom stereocenters. The molecule has 0 aliphatic carbocycles. The van der Waals surface area contributed by atoms with E-state index >= 15 is 0 Å². The average Bonchev–Trinajstić information content (AvgIpc) is 2.70. The normalized spacial score (nSPS) is 11.6. The van der Waals surface area contributed by atoms with Crippen molar-refractivity contribution in [2.24, 2.45) is 0 Å². The highest BCUT2D eigenvalue weighted by molar-refractivity contribution is 5.76. The standard InChI is InChI=1S/C23H31NO4/c1-5-14-27-21-13-12-19(16-22(21)26-4)18(3)24-23(25)11-8-15-28-20-10-7-6-9-17(20)2/h6-7,9-10,12-13,16,18H,5,8,11,14-15H2,1-4H3,(H,24,25). The van der Waals surface area contributed by atoms with E-state index in [4.69, 9.17) is 14.2 Å². The lowest BCUT2D eigenvalue weighted by molar-refractivity contribution is -0.121. The number of carbonyl (C=O) groups excluding carboxylic acids is 1. The number of amides is 1. The summed E-state index contributed by atoms with van der Waals surface area (Å²) in [5, 5.41) is 3.03. The third kappa shape index (κ3) is 6.48. The van der Waals surface area contributed by atoms with E-state index in [-0.39, 0.29) is 11.9 Å². The summed E-state index contributed by atoms with van der Waals surface area (Å²) in [6.07, 6.45) is 2.02. The Bertz CT molecular complexity index is 760. The summed E-state index contributed by atoms with van der Waals surface area (Å²) in [7, 11) is 1.62. The van der Waals surface area contributed by atoms with Crippen LogP contribution in [0.2, 0.25) is 0 Å². The molecule has 2 aromatic carbocycles. The number of hydrogen-bond donors (Lipinski definition) is 1. The van der Waals surface area contributed by atoms with Gasteiger partial charge >= 0.3 is 0 Å². The number of ether oxygens (including phenoxy) is 3. The first-order chi connectivity index (χ1) is 13.5. The molecule has 0 aliphatic heterocycles. The van der Waals surface area contributed by atoms with Gasteiger partial charge in [0.15, 0.2) is 11.5 Å². The molecule has 0 bridgehead atoms. The molecule has 28 heavy (non-hydrogen) atoms. The van der Waals surface area contributed by atoms with Crippen LogP contribution in [-0.4, -0.2) is 26.2 Å². The van der Waals surface area contributed by atoms with Gasteiger partial charge in [-0.1, -0.05) is 31.2 Å². The van der Waals surface area contributed by atoms with Crippen LogP contribution in [0, 0.1) is 6.92 Å². The molecular weight excluding hydrogens is 354 g/mol. The van der Waals surface area contributed by atoms with Crippen LogP contribution < -0.4 is 19.5 Å². The second-order valence-electron chi connectivity index (χ2n) is 6.77. The summed E-state index contributed by atoms with van der Waals surface area (Å²) in [5.74, 6) is 2.28. The zero-order valence-electron chi connectivity index (χ0n) is 17.3. The summed E-state index contributed by atoms with van der Waals surface area (Å²) in [4.78, 5) is 12.2. The molecular formula is C23H31NO4. The number of para-hydroxylation sites is 1. The van der Waals surface area contributed by atoms with Crippen LogP contribution in [0.1, 0.15) is 50.3 Å². The van der Waals surface area contributed by atoms with Crippen LogP contribution in [0.15, 0.2) is 42.5 Å². The van der Waals surface area contributed by atoms with Crippen LogP contribution >= 0.6 is 0 Å². The molecule has 1 amide bonds. The lowest BCUT2D eigenvalue weighted by atomic mass is 10.1. The van der Waals surface area contributed by atoms with Crippen molar-refractivity contribution in [1.29, 1.82) is 0 Å². The fourth-order valence-corrected chi connectivity index (χ4v) is 2.81. The highest BCUT2D eigenvalue weighted by atomic mass is 16.5. The van der Waals surface area contributed by atoms with Gasteiger partial charge in [-0.25, -0.2) is 0 Å². The summed E-state index contributed by atoms with van der Waals surface area (Å²) in [6, 6.07) is 13.5. The minimum atomic E-state index is -0.112. The Kier molecular flexibility index (Phi) is 8.66. The fourth-order valence-electron chi connectivity index (χ4n) is 2.81. The van der Waals surface area contributed by atoms with Crippen molar-refractivity contribution in [1.82, 2.24) is 5.32 Å². The quantitative estimate of drug-likeness (QED) is 0.563. The van der Waals surface area contributed by atoms with Crippen LogP contribution in [0.5, 0.6) is 17.2 Å². The van der Waals surface area contributed by atoms with Gasteiger partial charge in [0.25, 0.3) is 0 Å². The average molecular weight is 386 g/mol. The van der Waals surface area contributed by atoms with E-state index < -0.39 is 0 Å². The van der Waals surface area contributed by atoms with Crippen LogP contribution in [0.4, 0.5) is 0 Å². The maximum atomic E-state index is 12.2. The molecule has 0 heterocycles. The first-order valence-electron chi connectivity index (χ1n) is 9.83.